The maximum absolute atomic E-state index is 14.5. The average Bonchev–Trinajstić information content (AvgIpc) is 3.06. The van der Waals surface area contributed by atoms with E-state index in [1.807, 2.05) is 0 Å². The van der Waals surface area contributed by atoms with Gasteiger partial charge in [-0.2, -0.15) is 4.39 Å². The first-order valence-electron chi connectivity index (χ1n) is 8.71. The van der Waals surface area contributed by atoms with Crippen molar-refractivity contribution in [1.82, 2.24) is 15.0 Å². The molecule has 1 aliphatic rings. The fraction of sp³-hybridized carbons (Fsp3) is 0.200. The Morgan fingerprint density at radius 1 is 1.18 bits per heavy atom. The summed E-state index contributed by atoms with van der Waals surface area (Å²) in [5.41, 5.74) is 1.60. The van der Waals surface area contributed by atoms with Crippen LogP contribution in [0.15, 0.2) is 48.9 Å². The highest BCUT2D eigenvalue weighted by atomic mass is 35.5. The van der Waals surface area contributed by atoms with Crippen molar-refractivity contribution in [3.05, 3.63) is 71.4 Å². The van der Waals surface area contributed by atoms with Crippen molar-refractivity contribution in [2.45, 2.75) is 12.8 Å². The lowest BCUT2D eigenvalue weighted by molar-refractivity contribution is -0.120. The summed E-state index contributed by atoms with van der Waals surface area (Å²) in [5.74, 6) is -1.50. The fourth-order valence-electron chi connectivity index (χ4n) is 3.33. The van der Waals surface area contributed by atoms with Gasteiger partial charge in [0.15, 0.2) is 11.0 Å². The number of rotatable bonds is 4. The van der Waals surface area contributed by atoms with Gasteiger partial charge in [0.1, 0.15) is 5.82 Å². The molecule has 3 aromatic rings. The van der Waals surface area contributed by atoms with Crippen molar-refractivity contribution in [2.75, 3.05) is 11.4 Å². The minimum absolute atomic E-state index is 0.168. The summed E-state index contributed by atoms with van der Waals surface area (Å²) in [5, 5.41) is -0.197. The topological polar surface area (TPSA) is 59.0 Å². The molecule has 1 saturated heterocycles. The molecule has 8 heteroatoms. The Kier molecular flexibility index (Phi) is 5.00. The molecular weight excluding hydrogens is 386 g/mol. The number of hydrogen-bond donors (Lipinski definition) is 0. The molecule has 1 amide bonds. The summed E-state index contributed by atoms with van der Waals surface area (Å²) in [6.45, 7) is 0.425. The first kappa shape index (κ1) is 18.4. The van der Waals surface area contributed by atoms with Crippen LogP contribution in [0.1, 0.15) is 12.0 Å². The third-order valence-electron chi connectivity index (χ3n) is 4.75. The fourth-order valence-corrected chi connectivity index (χ4v) is 3.44. The standard InChI is InChI=1S/C20H15ClF2N4O/c21-18-16(22)10-12(11-25-18)9-14-5-8-27(20(14)28)17-2-1-15(19(23)26-17)13-3-6-24-7-4-13/h1-4,6-7,10-11,14H,5,8-9H2/t14-/m0/s1. The highest BCUT2D eigenvalue weighted by Crippen LogP contribution is 2.29. The van der Waals surface area contributed by atoms with Crippen LogP contribution in [0.2, 0.25) is 5.15 Å². The summed E-state index contributed by atoms with van der Waals surface area (Å²) < 4.78 is 28.1. The molecule has 0 aromatic carbocycles. The molecule has 4 rings (SSSR count). The van der Waals surface area contributed by atoms with E-state index in [1.54, 1.807) is 36.7 Å². The van der Waals surface area contributed by atoms with E-state index in [2.05, 4.69) is 15.0 Å². The van der Waals surface area contributed by atoms with Gasteiger partial charge in [0.2, 0.25) is 11.9 Å². The monoisotopic (exact) mass is 400 g/mol. The van der Waals surface area contributed by atoms with Gasteiger partial charge in [-0.1, -0.05) is 11.6 Å². The van der Waals surface area contributed by atoms with Crippen LogP contribution in [0.25, 0.3) is 11.1 Å². The zero-order valence-corrected chi connectivity index (χ0v) is 15.4. The van der Waals surface area contributed by atoms with E-state index in [-0.39, 0.29) is 22.8 Å². The van der Waals surface area contributed by atoms with Crippen LogP contribution in [-0.2, 0) is 11.2 Å². The number of nitrogens with zero attached hydrogens (tertiary/aromatic N) is 4. The summed E-state index contributed by atoms with van der Waals surface area (Å²) >= 11 is 5.59. The summed E-state index contributed by atoms with van der Waals surface area (Å²) in [7, 11) is 0. The molecule has 5 nitrogen and oxygen atoms in total. The van der Waals surface area contributed by atoms with E-state index in [0.717, 1.165) is 0 Å². The maximum Gasteiger partial charge on any atom is 0.231 e. The second kappa shape index (κ2) is 7.59. The van der Waals surface area contributed by atoms with Crippen LogP contribution in [0.4, 0.5) is 14.6 Å². The number of hydrogen-bond acceptors (Lipinski definition) is 4. The predicted molar refractivity (Wildman–Crippen MR) is 101 cm³/mol. The van der Waals surface area contributed by atoms with Crippen molar-refractivity contribution < 1.29 is 13.6 Å². The molecule has 4 heterocycles. The first-order valence-corrected chi connectivity index (χ1v) is 9.09. The van der Waals surface area contributed by atoms with Gasteiger partial charge in [-0.15, -0.1) is 0 Å². The molecule has 1 fully saturated rings. The van der Waals surface area contributed by atoms with Gasteiger partial charge in [0, 0.05) is 36.6 Å². The quantitative estimate of drug-likeness (QED) is 0.619. The third kappa shape index (κ3) is 3.57. The smallest absolute Gasteiger partial charge is 0.231 e. The van der Waals surface area contributed by atoms with Crippen molar-refractivity contribution in [2.24, 2.45) is 5.92 Å². The van der Waals surface area contributed by atoms with Crippen molar-refractivity contribution in [3.63, 3.8) is 0 Å². The molecule has 1 atom stereocenters. The van der Waals surface area contributed by atoms with E-state index in [0.29, 0.717) is 36.1 Å². The van der Waals surface area contributed by atoms with Gasteiger partial charge in [-0.05, 0) is 54.3 Å². The van der Waals surface area contributed by atoms with E-state index in [4.69, 9.17) is 11.6 Å². The molecular formula is C20H15ClF2N4O. The van der Waals surface area contributed by atoms with E-state index >= 15 is 0 Å². The van der Waals surface area contributed by atoms with Crippen LogP contribution >= 0.6 is 11.6 Å². The highest BCUT2D eigenvalue weighted by Gasteiger charge is 2.33. The Labute approximate surface area is 165 Å². The molecule has 3 aromatic heterocycles. The summed E-state index contributed by atoms with van der Waals surface area (Å²) in [6.07, 6.45) is 5.52. The zero-order valence-electron chi connectivity index (χ0n) is 14.6. The minimum Gasteiger partial charge on any atom is -0.296 e. The summed E-state index contributed by atoms with van der Waals surface area (Å²) in [6, 6.07) is 7.90. The molecule has 0 N–H and O–H groups in total. The second-order valence-corrected chi connectivity index (χ2v) is 6.90. The maximum atomic E-state index is 14.5. The van der Waals surface area contributed by atoms with Crippen molar-refractivity contribution in [3.8, 4) is 11.1 Å². The molecule has 0 bridgehead atoms. The normalized spacial score (nSPS) is 16.6. The van der Waals surface area contributed by atoms with Gasteiger partial charge < -0.3 is 0 Å². The third-order valence-corrected chi connectivity index (χ3v) is 5.03. The Balaban J connectivity index is 1.52. The molecule has 0 spiro atoms. The second-order valence-electron chi connectivity index (χ2n) is 6.54. The van der Waals surface area contributed by atoms with Crippen LogP contribution in [0.5, 0.6) is 0 Å². The number of halogens is 3. The van der Waals surface area contributed by atoms with Gasteiger partial charge in [0.25, 0.3) is 0 Å². The van der Waals surface area contributed by atoms with Gasteiger partial charge in [-0.25, -0.2) is 14.4 Å². The number of carbonyl (C=O) groups excluding carboxylic acids is 1. The Hall–Kier alpha value is -2.93. The number of amides is 1. The minimum atomic E-state index is -0.649. The number of aromatic nitrogens is 3. The summed E-state index contributed by atoms with van der Waals surface area (Å²) in [4.78, 5) is 25.9. The van der Waals surface area contributed by atoms with Gasteiger partial charge >= 0.3 is 0 Å². The molecule has 0 unspecified atom stereocenters. The predicted octanol–water partition coefficient (Wildman–Crippen LogP) is 4.07. The molecule has 0 saturated carbocycles. The highest BCUT2D eigenvalue weighted by molar-refractivity contribution is 6.29. The lowest BCUT2D eigenvalue weighted by Crippen LogP contribution is -2.28. The zero-order chi connectivity index (χ0) is 19.7. The molecule has 0 radical (unpaired) electrons. The van der Waals surface area contributed by atoms with Gasteiger partial charge in [-0.3, -0.25) is 14.7 Å². The van der Waals surface area contributed by atoms with Crippen LogP contribution < -0.4 is 4.90 Å². The van der Waals surface area contributed by atoms with E-state index in [1.165, 1.54) is 17.2 Å². The van der Waals surface area contributed by atoms with E-state index < -0.39 is 11.8 Å². The Morgan fingerprint density at radius 2 is 1.96 bits per heavy atom. The molecule has 142 valence electrons. The molecule has 0 aliphatic carbocycles. The number of carbonyl (C=O) groups is 1. The van der Waals surface area contributed by atoms with Crippen LogP contribution in [0, 0.1) is 17.7 Å². The number of anilines is 1. The van der Waals surface area contributed by atoms with Crippen molar-refractivity contribution in [1.29, 1.82) is 0 Å². The van der Waals surface area contributed by atoms with Crippen LogP contribution in [0.3, 0.4) is 0 Å². The SMILES string of the molecule is O=C1[C@H](Cc2cnc(Cl)c(F)c2)CCN1c1ccc(-c2ccncc2)c(F)n1. The molecule has 28 heavy (non-hydrogen) atoms. The van der Waals surface area contributed by atoms with Crippen LogP contribution in [-0.4, -0.2) is 27.4 Å². The first-order chi connectivity index (χ1) is 13.5. The average molecular weight is 401 g/mol. The lowest BCUT2D eigenvalue weighted by Gasteiger charge is -2.16. The van der Waals surface area contributed by atoms with E-state index in [9.17, 15) is 13.6 Å². The lowest BCUT2D eigenvalue weighted by atomic mass is 9.99. The Bertz CT molecular complexity index is 1030. The number of pyridine rings is 3. The largest absolute Gasteiger partial charge is 0.296 e. The Morgan fingerprint density at radius 3 is 2.68 bits per heavy atom. The van der Waals surface area contributed by atoms with Gasteiger partial charge in [0.05, 0.1) is 0 Å². The molecule has 1 aliphatic heterocycles. The van der Waals surface area contributed by atoms with Crippen molar-refractivity contribution >= 4 is 23.3 Å².